The molecule has 1 aliphatic rings. The maximum atomic E-state index is 6.58. The Morgan fingerprint density at radius 3 is 0.837 bits per heavy atom. The van der Waals surface area contributed by atoms with E-state index < -0.39 is 0 Å². The lowest BCUT2D eigenvalue weighted by Crippen LogP contribution is -2.16. The maximum Gasteiger partial charge on any atom is 0.227 e. The highest BCUT2D eigenvalue weighted by atomic mass is 16.4. The Labute approximate surface area is 851 Å². The van der Waals surface area contributed by atoms with Crippen molar-refractivity contribution in [2.75, 3.05) is 14.7 Å². The molecule has 694 valence electrons. The first-order chi connectivity index (χ1) is 72.6. The van der Waals surface area contributed by atoms with Crippen LogP contribution in [0, 0.1) is 0 Å². The summed E-state index contributed by atoms with van der Waals surface area (Å²) in [4.78, 5) is 21.8. The van der Waals surface area contributed by atoms with Crippen molar-refractivity contribution in [2.45, 2.75) is 19.3 Å². The second kappa shape index (κ2) is 37.6. The predicted octanol–water partition coefficient (Wildman–Crippen LogP) is 38.5. The molecule has 9 nitrogen and oxygen atoms in total. The van der Waals surface area contributed by atoms with E-state index in [1.54, 1.807) is 0 Å². The second-order valence-corrected chi connectivity index (χ2v) is 38.0. The van der Waals surface area contributed by atoms with Gasteiger partial charge in [0.05, 0.1) is 5.69 Å². The molecule has 147 heavy (non-hydrogen) atoms. The van der Waals surface area contributed by atoms with Crippen molar-refractivity contribution in [2.24, 2.45) is 0 Å². The zero-order valence-electron chi connectivity index (χ0n) is 80.7. The van der Waals surface area contributed by atoms with Crippen LogP contribution in [-0.2, 0) is 5.41 Å². The standard InChI is InChI=1S/C48H34N2O.2C45H30N2O/c1-48(2)42-16-10-9-15-39(42)40-27-26-38(30-43(40)48)50(36-23-19-32(20-24-36)31-11-5-3-6-12-31)37-25-21-33-17-18-34-22-28-44-46(45(34)41(33)29-37)51-47(49-44)35-13-7-4-8-14-35;1-4-12-31(13-5-1)32-22-26-37(27-23-32)47(42-19-11-10-18-39(42)33-14-6-2-7-15-33)38-28-24-34-20-21-35-25-29-41-44(43(35)40(34)30-38)48-45(46-41)36-16-8-3-9-17-36;1-4-11-31(12-5-1)33-21-25-38(26-22-33)47(39-18-10-17-37(29-39)32-13-6-2-7-14-32)40-27-23-34-19-20-35-24-28-42-44(43(35)41(34)30-40)48-45(46-42)36-15-8-3-9-16-36/h3-30H,1-2H3;2*1-30H. The lowest BCUT2D eigenvalue weighted by molar-refractivity contribution is 0.623. The van der Waals surface area contributed by atoms with Crippen LogP contribution in [0.25, 0.3) is 199 Å². The molecular weight excluding hydrogens is 1790 g/mol. The number of hydrogen-bond acceptors (Lipinski definition) is 9. The van der Waals surface area contributed by atoms with Crippen molar-refractivity contribution < 1.29 is 13.3 Å². The highest BCUT2D eigenvalue weighted by molar-refractivity contribution is 6.22. The zero-order chi connectivity index (χ0) is 97.8. The number of oxazole rings is 3. The first-order valence-corrected chi connectivity index (χ1v) is 50.0. The van der Waals surface area contributed by atoms with E-state index in [-0.39, 0.29) is 5.41 Å². The molecule has 0 amide bonds. The molecule has 9 heteroatoms. The number of benzene rings is 24. The minimum atomic E-state index is -0.112. The molecule has 0 aliphatic heterocycles. The Kier molecular flexibility index (Phi) is 22.5. The van der Waals surface area contributed by atoms with Gasteiger partial charge in [0, 0.05) is 89.3 Å². The van der Waals surface area contributed by atoms with E-state index in [0.29, 0.717) is 17.7 Å². The van der Waals surface area contributed by atoms with Crippen molar-refractivity contribution in [1.82, 2.24) is 15.0 Å². The highest BCUT2D eigenvalue weighted by Crippen LogP contribution is 2.53. The van der Waals surface area contributed by atoms with Gasteiger partial charge in [-0.05, 0) is 279 Å². The smallest absolute Gasteiger partial charge is 0.227 e. The monoisotopic (exact) mass is 1880 g/mol. The SMILES string of the molecule is CC1(C)c2ccccc2-c2ccc(N(c3ccc(-c4ccccc4)cc3)c3ccc4ccc5ccc6nc(-c7ccccc7)oc6c5c4c3)cc21.c1ccc(-c2ccc(N(c3ccc4ccc5ccc6nc(-c7ccccc7)oc6c5c4c3)c3ccccc3-c3ccccc3)cc2)cc1.c1ccc(-c2ccc(N(c3cccc(-c4ccccc4)c3)c3ccc4ccc5ccc6nc(-c7ccccc7)oc6c5c4c3)cc2)cc1. The quantitative estimate of drug-likeness (QED) is 0.0827. The molecule has 24 aromatic carbocycles. The number of para-hydroxylation sites is 1. The molecule has 0 atom stereocenters. The van der Waals surface area contributed by atoms with Crippen molar-refractivity contribution >= 4 is 149 Å². The Bertz CT molecular complexity index is 9600. The summed E-state index contributed by atoms with van der Waals surface area (Å²) in [7, 11) is 0. The lowest BCUT2D eigenvalue weighted by Gasteiger charge is -2.28. The van der Waals surface area contributed by atoms with Gasteiger partial charge in [-0.3, -0.25) is 0 Å². The Balaban J connectivity index is 0.000000112. The maximum absolute atomic E-state index is 6.58. The number of fused-ring (bicyclic) bond motifs is 18. The van der Waals surface area contributed by atoms with Crippen LogP contribution in [0.3, 0.4) is 0 Å². The largest absolute Gasteiger partial charge is 0.435 e. The van der Waals surface area contributed by atoms with E-state index in [4.69, 9.17) is 28.2 Å². The number of rotatable bonds is 17. The van der Waals surface area contributed by atoms with Gasteiger partial charge in [0.1, 0.15) is 16.6 Å². The average Bonchev–Trinajstić information content (AvgIpc) is 1.55. The molecule has 3 heterocycles. The van der Waals surface area contributed by atoms with Gasteiger partial charge in [0.25, 0.3) is 0 Å². The Hall–Kier alpha value is -19.4. The summed E-state index contributed by atoms with van der Waals surface area (Å²) in [5.74, 6) is 1.89. The van der Waals surface area contributed by atoms with Crippen molar-refractivity contribution in [3.8, 4) is 101 Å². The minimum absolute atomic E-state index is 0.112. The average molecular weight is 1880 g/mol. The zero-order valence-corrected chi connectivity index (χ0v) is 80.7. The topological polar surface area (TPSA) is 87.8 Å². The number of hydrogen-bond donors (Lipinski definition) is 0. The third-order valence-electron chi connectivity index (χ3n) is 28.8. The van der Waals surface area contributed by atoms with Crippen LogP contribution < -0.4 is 14.7 Å². The fourth-order valence-electron chi connectivity index (χ4n) is 21.5. The van der Waals surface area contributed by atoms with E-state index >= 15 is 0 Å². The molecule has 0 spiro atoms. The van der Waals surface area contributed by atoms with E-state index in [9.17, 15) is 0 Å². The summed E-state index contributed by atoms with van der Waals surface area (Å²) in [6.07, 6.45) is 0. The summed E-state index contributed by atoms with van der Waals surface area (Å²) in [6.45, 7) is 4.68. The molecule has 0 bridgehead atoms. The van der Waals surface area contributed by atoms with Crippen LogP contribution in [0.1, 0.15) is 25.0 Å². The fourth-order valence-corrected chi connectivity index (χ4v) is 21.5. The summed E-state index contributed by atoms with van der Waals surface area (Å²) in [5, 5.41) is 13.4. The van der Waals surface area contributed by atoms with Crippen LogP contribution in [0.4, 0.5) is 51.2 Å². The molecule has 0 unspecified atom stereocenters. The van der Waals surface area contributed by atoms with Crippen molar-refractivity contribution in [1.29, 1.82) is 0 Å². The molecule has 28 rings (SSSR count). The number of nitrogens with zero attached hydrogens (tertiary/aromatic N) is 6. The molecular formula is C138H94N6O3. The first-order valence-electron chi connectivity index (χ1n) is 50.0. The number of anilines is 9. The van der Waals surface area contributed by atoms with Gasteiger partial charge in [0.15, 0.2) is 16.7 Å². The predicted molar refractivity (Wildman–Crippen MR) is 612 cm³/mol. The van der Waals surface area contributed by atoms with Crippen LogP contribution >= 0.6 is 0 Å². The highest BCUT2D eigenvalue weighted by Gasteiger charge is 2.36. The van der Waals surface area contributed by atoms with Crippen LogP contribution in [0.2, 0.25) is 0 Å². The van der Waals surface area contributed by atoms with E-state index in [0.717, 1.165) is 171 Å². The Morgan fingerprint density at radius 2 is 0.442 bits per heavy atom. The molecule has 1 aliphatic carbocycles. The van der Waals surface area contributed by atoms with Gasteiger partial charge in [-0.1, -0.05) is 390 Å². The van der Waals surface area contributed by atoms with Gasteiger partial charge < -0.3 is 28.0 Å². The summed E-state index contributed by atoms with van der Waals surface area (Å²) >= 11 is 0. The van der Waals surface area contributed by atoms with E-state index in [1.165, 1.54) is 72.3 Å². The third-order valence-corrected chi connectivity index (χ3v) is 28.8. The van der Waals surface area contributed by atoms with Gasteiger partial charge in [-0.25, -0.2) is 15.0 Å². The summed E-state index contributed by atoms with van der Waals surface area (Å²) in [6, 6.07) is 189. The van der Waals surface area contributed by atoms with Crippen LogP contribution in [-0.4, -0.2) is 15.0 Å². The Morgan fingerprint density at radius 1 is 0.177 bits per heavy atom. The normalized spacial score (nSPS) is 11.9. The third kappa shape index (κ3) is 16.6. The van der Waals surface area contributed by atoms with E-state index in [2.05, 4.69) is 471 Å². The van der Waals surface area contributed by atoms with E-state index in [1.807, 2.05) is 91.0 Å². The first kappa shape index (κ1) is 87.9. The molecule has 0 N–H and O–H groups in total. The van der Waals surface area contributed by atoms with Crippen molar-refractivity contribution in [3.05, 3.63) is 545 Å². The molecule has 0 saturated carbocycles. The minimum Gasteiger partial charge on any atom is -0.435 e. The van der Waals surface area contributed by atoms with Crippen LogP contribution in [0.15, 0.2) is 547 Å². The molecule has 0 radical (unpaired) electrons. The van der Waals surface area contributed by atoms with Crippen LogP contribution in [0.5, 0.6) is 0 Å². The number of aromatic nitrogens is 3. The lowest BCUT2D eigenvalue weighted by atomic mass is 9.82. The molecule has 0 saturated heterocycles. The van der Waals surface area contributed by atoms with Crippen molar-refractivity contribution in [3.63, 3.8) is 0 Å². The molecule has 3 aromatic heterocycles. The molecule has 27 aromatic rings. The van der Waals surface area contributed by atoms with Gasteiger partial charge in [0.2, 0.25) is 17.7 Å². The van der Waals surface area contributed by atoms with Gasteiger partial charge in [-0.15, -0.1) is 0 Å². The van der Waals surface area contributed by atoms with Gasteiger partial charge >= 0.3 is 0 Å². The summed E-state index contributed by atoms with van der Waals surface area (Å²) in [5.41, 5.74) is 34.7. The summed E-state index contributed by atoms with van der Waals surface area (Å²) < 4.78 is 19.7. The second-order valence-electron chi connectivity index (χ2n) is 38.0. The molecule has 0 fully saturated rings. The fraction of sp³-hybridized carbons (Fsp3) is 0.0217. The van der Waals surface area contributed by atoms with Gasteiger partial charge in [-0.2, -0.15) is 0 Å².